The lowest BCUT2D eigenvalue weighted by Crippen LogP contribution is -2.59. The van der Waals surface area contributed by atoms with Crippen LogP contribution in [0.3, 0.4) is 0 Å². The zero-order chi connectivity index (χ0) is 17.9. The topological polar surface area (TPSA) is 42.2 Å². The van der Waals surface area contributed by atoms with Crippen molar-refractivity contribution in [3.8, 4) is 11.3 Å². The molecule has 0 aliphatic heterocycles. The summed E-state index contributed by atoms with van der Waals surface area (Å²) in [6.45, 7) is 0. The molecule has 2 aromatic rings. The Morgan fingerprint density at radius 1 is 1.00 bits per heavy atom. The van der Waals surface area contributed by atoms with Crippen LogP contribution in [0.15, 0.2) is 34.7 Å². The Morgan fingerprint density at radius 3 is 2.27 bits per heavy atom. The van der Waals surface area contributed by atoms with Gasteiger partial charge in [0, 0.05) is 16.1 Å². The van der Waals surface area contributed by atoms with Gasteiger partial charge in [0.15, 0.2) is 5.76 Å². The van der Waals surface area contributed by atoms with Crippen molar-refractivity contribution in [1.29, 1.82) is 0 Å². The number of furan rings is 1. The Bertz CT molecular complexity index is 837. The molecule has 0 saturated heterocycles. The molecule has 4 aliphatic rings. The van der Waals surface area contributed by atoms with Gasteiger partial charge in [-0.1, -0.05) is 23.2 Å². The van der Waals surface area contributed by atoms with E-state index in [4.69, 9.17) is 27.6 Å². The predicted molar refractivity (Wildman–Crippen MR) is 103 cm³/mol. The predicted octanol–water partition coefficient (Wildman–Crippen LogP) is 5.95. The highest BCUT2D eigenvalue weighted by atomic mass is 35.5. The van der Waals surface area contributed by atoms with Gasteiger partial charge in [-0.25, -0.2) is 0 Å². The minimum Gasteiger partial charge on any atom is -0.451 e. The van der Waals surface area contributed by atoms with Crippen molar-refractivity contribution in [1.82, 2.24) is 5.32 Å². The van der Waals surface area contributed by atoms with Crippen LogP contribution in [0.4, 0.5) is 0 Å². The van der Waals surface area contributed by atoms with Gasteiger partial charge in [-0.15, -0.1) is 0 Å². The maximum atomic E-state index is 12.9. The van der Waals surface area contributed by atoms with Gasteiger partial charge < -0.3 is 9.73 Å². The fourth-order valence-electron chi connectivity index (χ4n) is 5.86. The summed E-state index contributed by atoms with van der Waals surface area (Å²) >= 11 is 12.2. The van der Waals surface area contributed by atoms with Crippen LogP contribution in [-0.2, 0) is 0 Å². The van der Waals surface area contributed by atoms with Gasteiger partial charge in [0.2, 0.25) is 0 Å². The Labute approximate surface area is 163 Å². The highest BCUT2D eigenvalue weighted by Crippen LogP contribution is 2.55. The Hall–Kier alpha value is -1.45. The number of hydrogen-bond donors (Lipinski definition) is 1. The van der Waals surface area contributed by atoms with E-state index in [0.29, 0.717) is 21.6 Å². The van der Waals surface area contributed by atoms with Crippen molar-refractivity contribution >= 4 is 29.1 Å². The molecule has 3 nitrogen and oxygen atoms in total. The van der Waals surface area contributed by atoms with Crippen LogP contribution >= 0.6 is 23.2 Å². The summed E-state index contributed by atoms with van der Waals surface area (Å²) in [5, 5.41) is 4.43. The van der Waals surface area contributed by atoms with Crippen LogP contribution in [0.5, 0.6) is 0 Å². The van der Waals surface area contributed by atoms with Crippen molar-refractivity contribution in [2.75, 3.05) is 0 Å². The third-order valence-electron chi connectivity index (χ3n) is 6.44. The molecule has 4 fully saturated rings. The van der Waals surface area contributed by atoms with E-state index in [1.165, 1.54) is 19.3 Å². The van der Waals surface area contributed by atoms with Crippen molar-refractivity contribution in [3.63, 3.8) is 0 Å². The first-order chi connectivity index (χ1) is 12.5. The van der Waals surface area contributed by atoms with E-state index in [1.54, 1.807) is 24.3 Å². The summed E-state index contributed by atoms with van der Waals surface area (Å²) in [6, 6.07) is 8.78. The average molecular weight is 390 g/mol. The van der Waals surface area contributed by atoms with Gasteiger partial charge in [0.05, 0.1) is 5.02 Å². The second-order valence-corrected chi connectivity index (χ2v) is 9.28. The Kier molecular flexibility index (Phi) is 3.88. The SMILES string of the molecule is O=C(NC12CC3CC(CC(C3)C1)C2)c1ccc(-c2ccc(Cl)cc2Cl)o1. The quantitative estimate of drug-likeness (QED) is 0.704. The van der Waals surface area contributed by atoms with Gasteiger partial charge in [-0.2, -0.15) is 0 Å². The van der Waals surface area contributed by atoms with E-state index < -0.39 is 0 Å². The summed E-state index contributed by atoms with van der Waals surface area (Å²) in [5.41, 5.74) is 0.724. The number of halogens is 2. The average Bonchev–Trinajstić information content (AvgIpc) is 3.03. The van der Waals surface area contributed by atoms with Crippen LogP contribution in [0.25, 0.3) is 11.3 Å². The number of hydrogen-bond acceptors (Lipinski definition) is 2. The number of amides is 1. The second-order valence-electron chi connectivity index (χ2n) is 8.44. The fourth-order valence-corrected chi connectivity index (χ4v) is 6.36. The van der Waals surface area contributed by atoms with E-state index in [9.17, 15) is 4.79 Å². The van der Waals surface area contributed by atoms with Crippen molar-refractivity contribution in [3.05, 3.63) is 46.1 Å². The number of carbonyl (C=O) groups excluding carboxylic acids is 1. The van der Waals surface area contributed by atoms with Crippen molar-refractivity contribution in [2.45, 2.75) is 44.1 Å². The molecule has 0 unspecified atom stereocenters. The monoisotopic (exact) mass is 389 g/mol. The smallest absolute Gasteiger partial charge is 0.287 e. The molecule has 4 aliphatic carbocycles. The molecule has 26 heavy (non-hydrogen) atoms. The molecule has 1 amide bonds. The van der Waals surface area contributed by atoms with E-state index in [-0.39, 0.29) is 11.4 Å². The molecule has 0 spiro atoms. The van der Waals surface area contributed by atoms with E-state index in [2.05, 4.69) is 5.32 Å². The third kappa shape index (κ3) is 2.86. The third-order valence-corrected chi connectivity index (χ3v) is 6.99. The minimum atomic E-state index is -0.108. The maximum absolute atomic E-state index is 12.9. The van der Waals surface area contributed by atoms with Gasteiger partial charge in [0.1, 0.15) is 5.76 Å². The summed E-state index contributed by atoms with van der Waals surface area (Å²) in [5.74, 6) is 3.21. The highest BCUT2D eigenvalue weighted by molar-refractivity contribution is 6.36. The van der Waals surface area contributed by atoms with Gasteiger partial charge in [-0.3, -0.25) is 4.79 Å². The molecular formula is C21H21Cl2NO2. The standard InChI is InChI=1S/C21H21Cl2NO2/c22-15-1-2-16(17(23)8-15)18-3-4-19(26-18)20(25)24-21-9-12-5-13(10-21)7-14(6-12)11-21/h1-4,8,12-14H,5-7,9-11H2,(H,24,25). The molecule has 0 atom stereocenters. The number of benzene rings is 1. The molecular weight excluding hydrogens is 369 g/mol. The normalized spacial score (nSPS) is 32.0. The van der Waals surface area contributed by atoms with E-state index in [1.807, 2.05) is 6.07 Å². The van der Waals surface area contributed by atoms with Crippen molar-refractivity contribution in [2.24, 2.45) is 17.8 Å². The van der Waals surface area contributed by atoms with Gasteiger partial charge in [-0.05, 0) is 86.6 Å². The molecule has 4 bridgehead atoms. The molecule has 1 N–H and O–H groups in total. The van der Waals surface area contributed by atoms with Crippen molar-refractivity contribution < 1.29 is 9.21 Å². The van der Waals surface area contributed by atoms with Crippen LogP contribution in [0.1, 0.15) is 49.1 Å². The molecule has 1 aromatic heterocycles. The second kappa shape index (κ2) is 6.03. The first kappa shape index (κ1) is 16.7. The molecule has 4 saturated carbocycles. The first-order valence-electron chi connectivity index (χ1n) is 9.37. The van der Waals surface area contributed by atoms with Gasteiger partial charge >= 0.3 is 0 Å². The lowest BCUT2D eigenvalue weighted by atomic mass is 9.53. The number of rotatable bonds is 3. The molecule has 0 radical (unpaired) electrons. The minimum absolute atomic E-state index is 0.0172. The molecule has 5 heteroatoms. The number of carbonyl (C=O) groups is 1. The lowest BCUT2D eigenvalue weighted by Gasteiger charge is -2.56. The maximum Gasteiger partial charge on any atom is 0.287 e. The lowest BCUT2D eigenvalue weighted by molar-refractivity contribution is -0.0171. The zero-order valence-electron chi connectivity index (χ0n) is 14.4. The van der Waals surface area contributed by atoms with Crippen LogP contribution < -0.4 is 5.32 Å². The first-order valence-corrected chi connectivity index (χ1v) is 10.1. The zero-order valence-corrected chi connectivity index (χ0v) is 15.9. The largest absolute Gasteiger partial charge is 0.451 e. The van der Waals surface area contributed by atoms with E-state index >= 15 is 0 Å². The Balaban J connectivity index is 1.36. The summed E-state index contributed by atoms with van der Waals surface area (Å²) < 4.78 is 5.83. The van der Waals surface area contributed by atoms with E-state index in [0.717, 1.165) is 42.6 Å². The van der Waals surface area contributed by atoms with Crippen LogP contribution in [0, 0.1) is 17.8 Å². The van der Waals surface area contributed by atoms with Crippen LogP contribution in [-0.4, -0.2) is 11.4 Å². The number of nitrogens with one attached hydrogen (secondary N) is 1. The molecule has 1 aromatic carbocycles. The fraction of sp³-hybridized carbons (Fsp3) is 0.476. The Morgan fingerprint density at radius 2 is 1.65 bits per heavy atom. The molecule has 136 valence electrons. The molecule has 1 heterocycles. The summed E-state index contributed by atoms with van der Waals surface area (Å²) in [7, 11) is 0. The van der Waals surface area contributed by atoms with Gasteiger partial charge in [0.25, 0.3) is 5.91 Å². The summed E-state index contributed by atoms with van der Waals surface area (Å²) in [4.78, 5) is 12.9. The highest BCUT2D eigenvalue weighted by Gasteiger charge is 2.51. The summed E-state index contributed by atoms with van der Waals surface area (Å²) in [6.07, 6.45) is 7.45. The molecule has 6 rings (SSSR count). The van der Waals surface area contributed by atoms with Crippen LogP contribution in [0.2, 0.25) is 10.0 Å².